The van der Waals surface area contributed by atoms with Crippen molar-refractivity contribution in [3.63, 3.8) is 0 Å². The Morgan fingerprint density at radius 2 is 1.90 bits per heavy atom. The van der Waals surface area contributed by atoms with Gasteiger partial charge in [0.2, 0.25) is 0 Å². The van der Waals surface area contributed by atoms with E-state index in [0.717, 1.165) is 5.56 Å². The van der Waals surface area contributed by atoms with Crippen LogP contribution in [-0.2, 0) is 13.1 Å². The van der Waals surface area contributed by atoms with Crippen LogP contribution in [0.15, 0.2) is 42.6 Å². The fraction of sp³-hybridized carbons (Fsp3) is 0.312. The molecule has 0 unspecified atom stereocenters. The lowest BCUT2D eigenvalue weighted by Gasteiger charge is -2.28. The summed E-state index contributed by atoms with van der Waals surface area (Å²) in [7, 11) is 0. The van der Waals surface area contributed by atoms with E-state index < -0.39 is 0 Å². The first kappa shape index (κ1) is 14.5. The van der Waals surface area contributed by atoms with Crippen molar-refractivity contribution in [3.8, 4) is 0 Å². The molecule has 0 amide bonds. The molecule has 106 valence electrons. The molecule has 0 aliphatic heterocycles. The van der Waals surface area contributed by atoms with E-state index in [1.807, 2.05) is 49.1 Å². The Balaban J connectivity index is 2.34. The Labute approximate surface area is 119 Å². The summed E-state index contributed by atoms with van der Waals surface area (Å²) in [6.45, 7) is 4.85. The van der Waals surface area contributed by atoms with Crippen molar-refractivity contribution < 1.29 is 4.39 Å². The number of benzene rings is 1. The minimum absolute atomic E-state index is 0.144. The van der Waals surface area contributed by atoms with Gasteiger partial charge in [-0.05, 0) is 25.5 Å². The standard InChI is InChI=1S/C16H20FN3/c1-12(2)20(11-13-6-4-3-5-7-13)16-15(17)14(10-18)8-9-19-16/h3-9,12H,10-11,18H2,1-2H3. The van der Waals surface area contributed by atoms with Crippen LogP contribution in [0.2, 0.25) is 0 Å². The van der Waals surface area contributed by atoms with Crippen LogP contribution in [0.3, 0.4) is 0 Å². The molecule has 0 saturated heterocycles. The summed E-state index contributed by atoms with van der Waals surface area (Å²) >= 11 is 0. The smallest absolute Gasteiger partial charge is 0.170 e. The van der Waals surface area contributed by atoms with Gasteiger partial charge in [-0.25, -0.2) is 9.37 Å². The highest BCUT2D eigenvalue weighted by molar-refractivity contribution is 5.44. The SMILES string of the molecule is CC(C)N(Cc1ccccc1)c1nccc(CN)c1F. The van der Waals surface area contributed by atoms with Gasteiger partial charge in [-0.2, -0.15) is 0 Å². The highest BCUT2D eigenvalue weighted by atomic mass is 19.1. The van der Waals surface area contributed by atoms with E-state index in [-0.39, 0.29) is 18.4 Å². The Bertz CT molecular complexity index is 555. The molecule has 0 bridgehead atoms. The van der Waals surface area contributed by atoms with E-state index in [4.69, 9.17) is 5.73 Å². The third kappa shape index (κ3) is 3.14. The molecule has 2 rings (SSSR count). The molecule has 0 radical (unpaired) electrons. The zero-order valence-electron chi connectivity index (χ0n) is 11.9. The van der Waals surface area contributed by atoms with Gasteiger partial charge in [0.05, 0.1) is 0 Å². The average molecular weight is 273 g/mol. The fourth-order valence-corrected chi connectivity index (χ4v) is 2.11. The van der Waals surface area contributed by atoms with Crippen LogP contribution in [0.4, 0.5) is 10.2 Å². The van der Waals surface area contributed by atoms with E-state index in [1.165, 1.54) is 0 Å². The summed E-state index contributed by atoms with van der Waals surface area (Å²) in [6.07, 6.45) is 1.61. The second-order valence-electron chi connectivity index (χ2n) is 5.02. The summed E-state index contributed by atoms with van der Waals surface area (Å²) in [6, 6.07) is 11.8. The first-order chi connectivity index (χ1) is 9.63. The van der Waals surface area contributed by atoms with Crippen molar-refractivity contribution >= 4 is 5.82 Å². The predicted octanol–water partition coefficient (Wildman–Crippen LogP) is 3.09. The lowest BCUT2D eigenvalue weighted by Crippen LogP contribution is -2.32. The minimum atomic E-state index is -0.320. The molecule has 0 atom stereocenters. The van der Waals surface area contributed by atoms with E-state index in [9.17, 15) is 4.39 Å². The summed E-state index contributed by atoms with van der Waals surface area (Å²) in [5.74, 6) is 0.0476. The Hall–Kier alpha value is -1.94. The van der Waals surface area contributed by atoms with Crippen molar-refractivity contribution in [2.75, 3.05) is 4.90 Å². The van der Waals surface area contributed by atoms with Crippen LogP contribution in [0.1, 0.15) is 25.0 Å². The molecular weight excluding hydrogens is 253 g/mol. The van der Waals surface area contributed by atoms with E-state index in [1.54, 1.807) is 12.3 Å². The predicted molar refractivity (Wildman–Crippen MR) is 79.8 cm³/mol. The summed E-state index contributed by atoms with van der Waals surface area (Å²) in [4.78, 5) is 6.15. The molecule has 0 saturated carbocycles. The van der Waals surface area contributed by atoms with Crippen LogP contribution >= 0.6 is 0 Å². The normalized spacial score (nSPS) is 10.8. The maximum atomic E-state index is 14.4. The summed E-state index contributed by atoms with van der Waals surface area (Å²) in [5, 5.41) is 0. The maximum absolute atomic E-state index is 14.4. The topological polar surface area (TPSA) is 42.2 Å². The number of anilines is 1. The Morgan fingerprint density at radius 3 is 2.50 bits per heavy atom. The van der Waals surface area contributed by atoms with Crippen molar-refractivity contribution in [1.29, 1.82) is 0 Å². The van der Waals surface area contributed by atoms with Crippen LogP contribution in [-0.4, -0.2) is 11.0 Å². The van der Waals surface area contributed by atoms with Crippen molar-refractivity contribution in [2.45, 2.75) is 33.0 Å². The number of pyridine rings is 1. The van der Waals surface area contributed by atoms with Gasteiger partial charge in [-0.1, -0.05) is 30.3 Å². The maximum Gasteiger partial charge on any atom is 0.170 e. The molecule has 0 aliphatic rings. The molecule has 2 N–H and O–H groups in total. The number of nitrogens with zero attached hydrogens (tertiary/aromatic N) is 2. The number of halogens is 1. The third-order valence-electron chi connectivity index (χ3n) is 3.26. The van der Waals surface area contributed by atoms with Gasteiger partial charge in [0, 0.05) is 30.9 Å². The molecule has 0 aliphatic carbocycles. The van der Waals surface area contributed by atoms with E-state index in [2.05, 4.69) is 4.98 Å². The zero-order chi connectivity index (χ0) is 14.5. The molecule has 4 heteroatoms. The number of hydrogen-bond acceptors (Lipinski definition) is 3. The first-order valence-corrected chi connectivity index (χ1v) is 6.77. The number of rotatable bonds is 5. The van der Waals surface area contributed by atoms with Gasteiger partial charge in [-0.3, -0.25) is 0 Å². The molecule has 3 nitrogen and oxygen atoms in total. The van der Waals surface area contributed by atoms with Gasteiger partial charge in [0.25, 0.3) is 0 Å². The lowest BCUT2D eigenvalue weighted by atomic mass is 10.1. The second kappa shape index (κ2) is 6.48. The van der Waals surface area contributed by atoms with Crippen LogP contribution in [0.5, 0.6) is 0 Å². The van der Waals surface area contributed by atoms with Crippen LogP contribution in [0.25, 0.3) is 0 Å². The number of nitrogens with two attached hydrogens (primary N) is 1. The molecule has 0 spiro atoms. The molecule has 20 heavy (non-hydrogen) atoms. The molecule has 1 aromatic heterocycles. The Kier molecular flexibility index (Phi) is 4.69. The van der Waals surface area contributed by atoms with E-state index in [0.29, 0.717) is 17.9 Å². The van der Waals surface area contributed by atoms with Gasteiger partial charge in [0.15, 0.2) is 11.6 Å². The third-order valence-corrected chi connectivity index (χ3v) is 3.26. The van der Waals surface area contributed by atoms with Gasteiger partial charge in [-0.15, -0.1) is 0 Å². The summed E-state index contributed by atoms with van der Waals surface area (Å²) < 4.78 is 14.4. The molecular formula is C16H20FN3. The summed E-state index contributed by atoms with van der Waals surface area (Å²) in [5.41, 5.74) is 7.18. The van der Waals surface area contributed by atoms with Crippen LogP contribution in [0, 0.1) is 5.82 Å². The largest absolute Gasteiger partial charge is 0.347 e. The van der Waals surface area contributed by atoms with Gasteiger partial charge in [0.1, 0.15) is 0 Å². The number of hydrogen-bond donors (Lipinski definition) is 1. The van der Waals surface area contributed by atoms with Crippen molar-refractivity contribution in [2.24, 2.45) is 5.73 Å². The lowest BCUT2D eigenvalue weighted by molar-refractivity contribution is 0.576. The molecule has 0 fully saturated rings. The van der Waals surface area contributed by atoms with Gasteiger partial charge < -0.3 is 10.6 Å². The molecule has 1 heterocycles. The number of aromatic nitrogens is 1. The first-order valence-electron chi connectivity index (χ1n) is 6.77. The highest BCUT2D eigenvalue weighted by Crippen LogP contribution is 2.23. The molecule has 2 aromatic rings. The van der Waals surface area contributed by atoms with E-state index >= 15 is 0 Å². The average Bonchev–Trinajstić information content (AvgIpc) is 2.46. The zero-order valence-corrected chi connectivity index (χ0v) is 11.9. The minimum Gasteiger partial charge on any atom is -0.347 e. The van der Waals surface area contributed by atoms with Crippen LogP contribution < -0.4 is 10.6 Å². The van der Waals surface area contributed by atoms with Gasteiger partial charge >= 0.3 is 0 Å². The fourth-order valence-electron chi connectivity index (χ4n) is 2.11. The van der Waals surface area contributed by atoms with Crippen molar-refractivity contribution in [3.05, 3.63) is 59.5 Å². The quantitative estimate of drug-likeness (QED) is 0.910. The van der Waals surface area contributed by atoms with Crippen molar-refractivity contribution in [1.82, 2.24) is 4.98 Å². The monoisotopic (exact) mass is 273 g/mol. The highest BCUT2D eigenvalue weighted by Gasteiger charge is 2.18. The molecule has 1 aromatic carbocycles. The Morgan fingerprint density at radius 1 is 1.20 bits per heavy atom. The second-order valence-corrected chi connectivity index (χ2v) is 5.02.